The van der Waals surface area contributed by atoms with Crippen LogP contribution in [0.2, 0.25) is 0 Å². The molecule has 0 spiro atoms. The molecule has 0 heterocycles. The van der Waals surface area contributed by atoms with Crippen molar-refractivity contribution in [3.05, 3.63) is 69.2 Å². The summed E-state index contributed by atoms with van der Waals surface area (Å²) in [5, 5.41) is 3.50. The summed E-state index contributed by atoms with van der Waals surface area (Å²) in [5.74, 6) is 0. The Morgan fingerprint density at radius 1 is 0.952 bits per heavy atom. The Kier molecular flexibility index (Phi) is 6.01. The van der Waals surface area contributed by atoms with Crippen LogP contribution in [0.1, 0.15) is 42.1 Å². The van der Waals surface area contributed by atoms with Gasteiger partial charge in [-0.2, -0.15) is 0 Å². The largest absolute Gasteiger partial charge is 0.313 e. The Bertz CT molecular complexity index is 575. The van der Waals surface area contributed by atoms with Crippen LogP contribution in [0.4, 0.5) is 0 Å². The summed E-state index contributed by atoms with van der Waals surface area (Å²) in [7, 11) is 2.06. The van der Waals surface area contributed by atoms with E-state index in [1.807, 2.05) is 0 Å². The molecule has 1 nitrogen and oxygen atoms in total. The van der Waals surface area contributed by atoms with Gasteiger partial charge in [-0.05, 0) is 60.7 Å². The van der Waals surface area contributed by atoms with Gasteiger partial charge in [0.05, 0.1) is 0 Å². The molecule has 0 saturated carbocycles. The van der Waals surface area contributed by atoms with Gasteiger partial charge in [0.25, 0.3) is 0 Å². The van der Waals surface area contributed by atoms with Gasteiger partial charge in [0, 0.05) is 10.5 Å². The van der Waals surface area contributed by atoms with Crippen LogP contribution in [0.15, 0.2) is 46.9 Å². The normalized spacial score (nSPS) is 12.4. The van der Waals surface area contributed by atoms with Crippen molar-refractivity contribution in [3.63, 3.8) is 0 Å². The maximum absolute atomic E-state index is 3.50. The van der Waals surface area contributed by atoms with Gasteiger partial charge in [-0.25, -0.2) is 0 Å². The lowest BCUT2D eigenvalue weighted by atomic mass is 9.91. The van der Waals surface area contributed by atoms with Crippen LogP contribution >= 0.6 is 15.9 Å². The van der Waals surface area contributed by atoms with E-state index in [9.17, 15) is 0 Å². The van der Waals surface area contributed by atoms with Gasteiger partial charge >= 0.3 is 0 Å². The van der Waals surface area contributed by atoms with Crippen LogP contribution in [0.25, 0.3) is 0 Å². The molecule has 0 radical (unpaired) electrons. The predicted molar refractivity (Wildman–Crippen MR) is 94.8 cm³/mol. The van der Waals surface area contributed by atoms with E-state index >= 15 is 0 Å². The van der Waals surface area contributed by atoms with E-state index in [2.05, 4.69) is 84.6 Å². The second kappa shape index (κ2) is 7.77. The third-order valence-corrected chi connectivity index (χ3v) is 4.61. The van der Waals surface area contributed by atoms with Gasteiger partial charge in [-0.1, -0.05) is 60.1 Å². The first kappa shape index (κ1) is 16.3. The standard InChI is InChI=1S/C19H24BrN/c1-4-14-6-9-16(5-2)18(12-14)19(21-3)13-15-7-10-17(20)11-8-15/h6-12,19,21H,4-5,13H2,1-3H3. The maximum Gasteiger partial charge on any atom is 0.0361 e. The van der Waals surface area contributed by atoms with Crippen molar-refractivity contribution in [1.29, 1.82) is 0 Å². The molecule has 0 bridgehead atoms. The molecule has 1 N–H and O–H groups in total. The van der Waals surface area contributed by atoms with Crippen LogP contribution in [0, 0.1) is 0 Å². The minimum absolute atomic E-state index is 0.368. The van der Waals surface area contributed by atoms with Crippen LogP contribution < -0.4 is 5.32 Å². The third-order valence-electron chi connectivity index (χ3n) is 4.08. The summed E-state index contributed by atoms with van der Waals surface area (Å²) in [6, 6.07) is 15.9. The van der Waals surface area contributed by atoms with Gasteiger partial charge in [-0.3, -0.25) is 0 Å². The molecule has 0 saturated heterocycles. The fraction of sp³-hybridized carbons (Fsp3) is 0.368. The molecule has 21 heavy (non-hydrogen) atoms. The Hall–Kier alpha value is -1.12. The first-order chi connectivity index (χ1) is 10.2. The number of halogens is 1. The molecule has 0 aliphatic heterocycles. The monoisotopic (exact) mass is 345 g/mol. The SMILES string of the molecule is CCc1ccc(CC)c(C(Cc2ccc(Br)cc2)NC)c1. The van der Waals surface area contributed by atoms with E-state index in [0.29, 0.717) is 6.04 Å². The van der Waals surface area contributed by atoms with E-state index in [1.165, 1.54) is 22.3 Å². The number of benzene rings is 2. The lowest BCUT2D eigenvalue weighted by Gasteiger charge is -2.21. The Morgan fingerprint density at radius 3 is 2.19 bits per heavy atom. The fourth-order valence-corrected chi connectivity index (χ4v) is 3.00. The average Bonchev–Trinajstić information content (AvgIpc) is 2.53. The third kappa shape index (κ3) is 4.18. The molecule has 1 unspecified atom stereocenters. The zero-order chi connectivity index (χ0) is 15.2. The zero-order valence-electron chi connectivity index (χ0n) is 13.1. The zero-order valence-corrected chi connectivity index (χ0v) is 14.7. The van der Waals surface area contributed by atoms with Crippen molar-refractivity contribution in [3.8, 4) is 0 Å². The first-order valence-electron chi connectivity index (χ1n) is 7.71. The van der Waals surface area contributed by atoms with Crippen molar-refractivity contribution in [2.75, 3.05) is 7.05 Å². The minimum Gasteiger partial charge on any atom is -0.313 e. The fourth-order valence-electron chi connectivity index (χ4n) is 2.73. The summed E-state index contributed by atoms with van der Waals surface area (Å²) in [4.78, 5) is 0. The van der Waals surface area contributed by atoms with Crippen LogP contribution in [-0.2, 0) is 19.3 Å². The molecule has 0 aromatic heterocycles. The summed E-state index contributed by atoms with van der Waals surface area (Å²) in [5.41, 5.74) is 5.67. The number of likely N-dealkylation sites (N-methyl/N-ethyl adjacent to an activating group) is 1. The summed E-state index contributed by atoms with van der Waals surface area (Å²) in [6.07, 6.45) is 3.19. The molecule has 2 heteroatoms. The lowest BCUT2D eigenvalue weighted by molar-refractivity contribution is 0.586. The van der Waals surface area contributed by atoms with E-state index in [-0.39, 0.29) is 0 Å². The van der Waals surface area contributed by atoms with E-state index < -0.39 is 0 Å². The van der Waals surface area contributed by atoms with Crippen molar-refractivity contribution >= 4 is 15.9 Å². The average molecular weight is 346 g/mol. The molecule has 1 atom stereocenters. The number of nitrogens with one attached hydrogen (secondary N) is 1. The first-order valence-corrected chi connectivity index (χ1v) is 8.50. The summed E-state index contributed by atoms with van der Waals surface area (Å²) < 4.78 is 1.13. The highest BCUT2D eigenvalue weighted by Crippen LogP contribution is 2.25. The van der Waals surface area contributed by atoms with Crippen LogP contribution in [0.3, 0.4) is 0 Å². The Balaban J connectivity index is 2.29. The van der Waals surface area contributed by atoms with Gasteiger partial charge in [-0.15, -0.1) is 0 Å². The van der Waals surface area contributed by atoms with E-state index in [1.54, 1.807) is 0 Å². The summed E-state index contributed by atoms with van der Waals surface area (Å²) >= 11 is 3.50. The van der Waals surface area contributed by atoms with E-state index in [0.717, 1.165) is 23.7 Å². The molecule has 0 aliphatic carbocycles. The predicted octanol–water partition coefficient (Wildman–Crippen LogP) is 5.08. The summed E-state index contributed by atoms with van der Waals surface area (Å²) in [6.45, 7) is 4.45. The molecule has 2 aromatic rings. The second-order valence-electron chi connectivity index (χ2n) is 5.41. The van der Waals surface area contributed by atoms with Crippen molar-refractivity contribution < 1.29 is 0 Å². The number of aryl methyl sites for hydroxylation is 2. The van der Waals surface area contributed by atoms with Crippen molar-refractivity contribution in [1.82, 2.24) is 5.32 Å². The highest BCUT2D eigenvalue weighted by atomic mass is 79.9. The van der Waals surface area contributed by atoms with Crippen molar-refractivity contribution in [2.24, 2.45) is 0 Å². The molecule has 112 valence electrons. The molecule has 0 amide bonds. The number of hydrogen-bond acceptors (Lipinski definition) is 1. The lowest BCUT2D eigenvalue weighted by Crippen LogP contribution is -2.20. The van der Waals surface area contributed by atoms with Gasteiger partial charge < -0.3 is 5.32 Å². The van der Waals surface area contributed by atoms with Gasteiger partial charge in [0.15, 0.2) is 0 Å². The minimum atomic E-state index is 0.368. The smallest absolute Gasteiger partial charge is 0.0361 e. The highest BCUT2D eigenvalue weighted by molar-refractivity contribution is 9.10. The number of rotatable bonds is 6. The van der Waals surface area contributed by atoms with Crippen LogP contribution in [-0.4, -0.2) is 7.05 Å². The molecular formula is C19H24BrN. The van der Waals surface area contributed by atoms with Gasteiger partial charge in [0.2, 0.25) is 0 Å². The maximum atomic E-state index is 3.50. The second-order valence-corrected chi connectivity index (χ2v) is 6.33. The number of hydrogen-bond donors (Lipinski definition) is 1. The van der Waals surface area contributed by atoms with E-state index in [4.69, 9.17) is 0 Å². The quantitative estimate of drug-likeness (QED) is 0.769. The highest BCUT2D eigenvalue weighted by Gasteiger charge is 2.14. The molecular weight excluding hydrogens is 322 g/mol. The molecule has 0 aliphatic rings. The topological polar surface area (TPSA) is 12.0 Å². The van der Waals surface area contributed by atoms with Crippen LogP contribution in [0.5, 0.6) is 0 Å². The molecule has 0 fully saturated rings. The van der Waals surface area contributed by atoms with Crippen molar-refractivity contribution in [2.45, 2.75) is 39.2 Å². The molecule has 2 rings (SSSR count). The van der Waals surface area contributed by atoms with Gasteiger partial charge in [0.1, 0.15) is 0 Å². The molecule has 2 aromatic carbocycles. The Morgan fingerprint density at radius 2 is 1.62 bits per heavy atom. The Labute approximate surface area is 136 Å².